The molecular formula is C21H19N5O4S. The topological polar surface area (TPSA) is 131 Å². The van der Waals surface area contributed by atoms with Gasteiger partial charge in [0.1, 0.15) is 0 Å². The van der Waals surface area contributed by atoms with E-state index in [0.717, 1.165) is 0 Å². The van der Waals surface area contributed by atoms with E-state index >= 15 is 0 Å². The largest absolute Gasteiger partial charge is 0.295 e. The van der Waals surface area contributed by atoms with Crippen molar-refractivity contribution in [2.24, 2.45) is 10.2 Å². The minimum Gasteiger partial charge on any atom is -0.295 e. The van der Waals surface area contributed by atoms with Gasteiger partial charge in [-0.25, -0.2) is 18.2 Å². The maximum atomic E-state index is 13.0. The molecule has 158 valence electrons. The lowest BCUT2D eigenvalue weighted by Crippen LogP contribution is -2.21. The number of hydrazone groups is 1. The van der Waals surface area contributed by atoms with E-state index in [2.05, 4.69) is 10.2 Å². The van der Waals surface area contributed by atoms with Crippen LogP contribution in [0, 0.1) is 6.92 Å². The number of hydrogen-bond acceptors (Lipinski definition) is 5. The minimum atomic E-state index is -3.83. The summed E-state index contributed by atoms with van der Waals surface area (Å²) in [6.45, 7) is 3.42. The molecule has 0 bridgehead atoms. The minimum absolute atomic E-state index is 0.0562. The van der Waals surface area contributed by atoms with Crippen LogP contribution in [0.2, 0.25) is 0 Å². The molecule has 0 atom stereocenters. The Kier molecular flexibility index (Phi) is 4.96. The summed E-state index contributed by atoms with van der Waals surface area (Å²) in [7, 11) is -3.83. The first-order valence-electron chi connectivity index (χ1n) is 9.28. The van der Waals surface area contributed by atoms with Crippen molar-refractivity contribution in [1.29, 1.82) is 0 Å². The number of nitrogens with one attached hydrogen (secondary N) is 1. The monoisotopic (exact) mass is 437 g/mol. The van der Waals surface area contributed by atoms with E-state index in [9.17, 15) is 18.0 Å². The Morgan fingerprint density at radius 2 is 1.61 bits per heavy atom. The molecular weight excluding hydrogens is 418 g/mol. The number of amides is 1. The van der Waals surface area contributed by atoms with Crippen molar-refractivity contribution in [2.75, 3.05) is 5.01 Å². The zero-order chi connectivity index (χ0) is 22.3. The maximum Gasteiger partial charge on any atom is 0.280 e. The highest BCUT2D eigenvalue weighted by Gasteiger charge is 2.29. The molecule has 2 aromatic carbocycles. The molecule has 3 N–H and O–H groups in total. The van der Waals surface area contributed by atoms with Gasteiger partial charge in [0.2, 0.25) is 10.0 Å². The number of aryl methyl sites for hydroxylation is 1. The second-order valence-corrected chi connectivity index (χ2v) is 8.59. The molecule has 4 rings (SSSR count). The summed E-state index contributed by atoms with van der Waals surface area (Å²) in [5.41, 5.74) is 2.35. The quantitative estimate of drug-likeness (QED) is 0.604. The van der Waals surface area contributed by atoms with E-state index < -0.39 is 10.0 Å². The molecule has 1 amide bonds. The Morgan fingerprint density at radius 1 is 0.968 bits per heavy atom. The smallest absolute Gasteiger partial charge is 0.280 e. The lowest BCUT2D eigenvalue weighted by Gasteiger charge is -2.10. The first-order valence-corrected chi connectivity index (χ1v) is 10.8. The van der Waals surface area contributed by atoms with Gasteiger partial charge in [-0.15, -0.1) is 0 Å². The first kappa shape index (κ1) is 20.5. The number of rotatable bonds is 4. The molecule has 2 heterocycles. The lowest BCUT2D eigenvalue weighted by molar-refractivity contribution is -0.114. The molecule has 10 heteroatoms. The third kappa shape index (κ3) is 3.74. The van der Waals surface area contributed by atoms with Gasteiger partial charge in [0.25, 0.3) is 11.5 Å². The number of sulfonamides is 1. The van der Waals surface area contributed by atoms with Crippen LogP contribution in [0.5, 0.6) is 0 Å². The van der Waals surface area contributed by atoms with Gasteiger partial charge in [0.05, 0.1) is 33.1 Å². The number of anilines is 1. The fourth-order valence-corrected chi connectivity index (χ4v) is 3.78. The van der Waals surface area contributed by atoms with Gasteiger partial charge < -0.3 is 0 Å². The Hall–Kier alpha value is -3.76. The number of aromatic amines is 1. The van der Waals surface area contributed by atoms with Gasteiger partial charge in [0.15, 0.2) is 0 Å². The van der Waals surface area contributed by atoms with Gasteiger partial charge in [-0.05, 0) is 56.3 Å². The second-order valence-electron chi connectivity index (χ2n) is 7.03. The average Bonchev–Trinajstić information content (AvgIpc) is 3.19. The summed E-state index contributed by atoms with van der Waals surface area (Å²) in [6, 6.07) is 14.6. The van der Waals surface area contributed by atoms with Gasteiger partial charge in [-0.1, -0.05) is 18.2 Å². The van der Waals surface area contributed by atoms with E-state index in [1.165, 1.54) is 40.0 Å². The van der Waals surface area contributed by atoms with Crippen LogP contribution in [-0.2, 0) is 14.8 Å². The summed E-state index contributed by atoms with van der Waals surface area (Å²) in [5.74, 6) is -0.326. The summed E-state index contributed by atoms with van der Waals surface area (Å²) >= 11 is 0. The SMILES string of the molecule is CC1=NN(c2ccccc2)C(=O)/C1=C/c1c(C)[nH]n(-c2ccc(S(N)(=O)=O)cc2)c1=O. The second kappa shape index (κ2) is 7.49. The van der Waals surface area contributed by atoms with Gasteiger partial charge in [-0.3, -0.25) is 14.7 Å². The van der Waals surface area contributed by atoms with Crippen molar-refractivity contribution in [2.45, 2.75) is 18.7 Å². The molecule has 1 aliphatic heterocycles. The van der Waals surface area contributed by atoms with Crippen LogP contribution < -0.4 is 15.7 Å². The number of aromatic nitrogens is 2. The van der Waals surface area contributed by atoms with Crippen molar-refractivity contribution in [1.82, 2.24) is 9.78 Å². The highest BCUT2D eigenvalue weighted by molar-refractivity contribution is 7.89. The number of benzene rings is 2. The fourth-order valence-electron chi connectivity index (χ4n) is 3.27. The highest BCUT2D eigenvalue weighted by Crippen LogP contribution is 2.24. The number of primary sulfonamides is 1. The maximum absolute atomic E-state index is 13.0. The molecule has 9 nitrogen and oxygen atoms in total. The molecule has 0 saturated heterocycles. The number of nitrogens with zero attached hydrogens (tertiary/aromatic N) is 3. The predicted octanol–water partition coefficient (Wildman–Crippen LogP) is 1.93. The zero-order valence-electron chi connectivity index (χ0n) is 16.7. The Balaban J connectivity index is 1.72. The standard InChI is InChI=1S/C21H19N5O4S/c1-13-18(20(27)25(23-13)15-6-4-3-5-7-15)12-19-14(2)24-26(21(19)28)16-8-10-17(11-9-16)31(22,29)30/h3-12,24H,1-2H3,(H2,22,29,30)/b18-12+. The van der Waals surface area contributed by atoms with E-state index in [0.29, 0.717) is 33.9 Å². The van der Waals surface area contributed by atoms with E-state index in [4.69, 9.17) is 5.14 Å². The molecule has 1 aromatic heterocycles. The summed E-state index contributed by atoms with van der Waals surface area (Å²) in [4.78, 5) is 25.9. The van der Waals surface area contributed by atoms with E-state index in [-0.39, 0.29) is 16.4 Å². The van der Waals surface area contributed by atoms with Crippen molar-refractivity contribution < 1.29 is 13.2 Å². The number of nitrogens with two attached hydrogens (primary N) is 1. The zero-order valence-corrected chi connectivity index (χ0v) is 17.6. The Labute approximate surface area is 178 Å². The molecule has 0 aliphatic carbocycles. The predicted molar refractivity (Wildman–Crippen MR) is 118 cm³/mol. The number of para-hydroxylation sites is 1. The third-order valence-electron chi connectivity index (χ3n) is 4.89. The number of carbonyl (C=O) groups excluding carboxylic acids is 1. The summed E-state index contributed by atoms with van der Waals surface area (Å²) in [5, 5.41) is 13.7. The van der Waals surface area contributed by atoms with E-state index in [1.54, 1.807) is 26.0 Å². The van der Waals surface area contributed by atoms with Crippen LogP contribution in [0.1, 0.15) is 18.2 Å². The molecule has 1 aliphatic rings. The molecule has 0 unspecified atom stereocenters. The van der Waals surface area contributed by atoms with Gasteiger partial charge in [-0.2, -0.15) is 10.1 Å². The molecule has 0 fully saturated rings. The van der Waals surface area contributed by atoms with Crippen LogP contribution in [0.3, 0.4) is 0 Å². The van der Waals surface area contributed by atoms with Gasteiger partial charge in [0, 0.05) is 5.69 Å². The van der Waals surface area contributed by atoms with Crippen molar-refractivity contribution in [3.05, 3.63) is 81.8 Å². The number of carbonyl (C=O) groups is 1. The Morgan fingerprint density at radius 3 is 2.23 bits per heavy atom. The third-order valence-corrected chi connectivity index (χ3v) is 5.82. The normalized spacial score (nSPS) is 15.6. The molecule has 0 saturated carbocycles. The van der Waals surface area contributed by atoms with Crippen LogP contribution in [-0.4, -0.2) is 29.8 Å². The van der Waals surface area contributed by atoms with Crippen molar-refractivity contribution >= 4 is 33.4 Å². The number of H-pyrrole nitrogens is 1. The van der Waals surface area contributed by atoms with Crippen LogP contribution in [0.4, 0.5) is 5.69 Å². The average molecular weight is 437 g/mol. The molecule has 31 heavy (non-hydrogen) atoms. The van der Waals surface area contributed by atoms with Crippen LogP contribution in [0.15, 0.2) is 75.0 Å². The van der Waals surface area contributed by atoms with Crippen LogP contribution >= 0.6 is 0 Å². The number of hydrogen-bond donors (Lipinski definition) is 2. The van der Waals surface area contributed by atoms with Crippen molar-refractivity contribution in [3.63, 3.8) is 0 Å². The Bertz CT molecular complexity index is 1400. The highest BCUT2D eigenvalue weighted by atomic mass is 32.2. The van der Waals surface area contributed by atoms with Crippen LogP contribution in [0.25, 0.3) is 11.8 Å². The fraction of sp³-hybridized carbons (Fsp3) is 0.0952. The summed E-state index contributed by atoms with van der Waals surface area (Å²) < 4.78 is 24.1. The van der Waals surface area contributed by atoms with E-state index in [1.807, 2.05) is 18.2 Å². The van der Waals surface area contributed by atoms with Crippen molar-refractivity contribution in [3.8, 4) is 5.69 Å². The molecule has 0 spiro atoms. The van der Waals surface area contributed by atoms with Gasteiger partial charge >= 0.3 is 0 Å². The molecule has 3 aromatic rings. The summed E-state index contributed by atoms with van der Waals surface area (Å²) in [6.07, 6.45) is 1.52. The first-order chi connectivity index (χ1) is 14.7. The lowest BCUT2D eigenvalue weighted by atomic mass is 10.1. The molecule has 0 radical (unpaired) electrons.